The van der Waals surface area contributed by atoms with Crippen molar-refractivity contribution in [3.05, 3.63) is 70.3 Å². The topological polar surface area (TPSA) is 52.0 Å². The molecule has 1 N–H and O–H groups in total. The van der Waals surface area contributed by atoms with Crippen LogP contribution in [-0.4, -0.2) is 4.40 Å². The van der Waals surface area contributed by atoms with Gasteiger partial charge in [0.05, 0.1) is 11.1 Å². The number of benzene rings is 1. The van der Waals surface area contributed by atoms with E-state index >= 15 is 0 Å². The SMILES string of the molecule is N#Cc1cc(-c2ccc(Br)cc2)c(=N)n2ccccc12. The minimum absolute atomic E-state index is 0.377. The molecule has 3 rings (SSSR count). The van der Waals surface area contributed by atoms with Crippen molar-refractivity contribution in [3.8, 4) is 17.2 Å². The fourth-order valence-corrected chi connectivity index (χ4v) is 2.48. The van der Waals surface area contributed by atoms with Gasteiger partial charge in [-0.3, -0.25) is 5.41 Å². The molecule has 0 unspecified atom stereocenters. The quantitative estimate of drug-likeness (QED) is 0.729. The molecule has 1 aromatic carbocycles. The van der Waals surface area contributed by atoms with Crippen LogP contribution in [0.15, 0.2) is 59.2 Å². The lowest BCUT2D eigenvalue weighted by Gasteiger charge is -2.09. The Kier molecular flexibility index (Phi) is 3.13. The Morgan fingerprint density at radius 3 is 2.55 bits per heavy atom. The van der Waals surface area contributed by atoms with Crippen molar-refractivity contribution < 1.29 is 0 Å². The van der Waals surface area contributed by atoms with Crippen LogP contribution in [0.5, 0.6) is 0 Å². The molecule has 0 spiro atoms. The summed E-state index contributed by atoms with van der Waals surface area (Å²) in [4.78, 5) is 0. The summed E-state index contributed by atoms with van der Waals surface area (Å²) in [6, 6.07) is 17.3. The summed E-state index contributed by atoms with van der Waals surface area (Å²) >= 11 is 3.40. The van der Waals surface area contributed by atoms with E-state index in [1.807, 2.05) is 42.5 Å². The molecular weight excluding hydrogens is 314 g/mol. The molecule has 0 fully saturated rings. The molecule has 4 heteroatoms. The molecule has 0 bridgehead atoms. The Bertz CT molecular complexity index is 886. The second kappa shape index (κ2) is 4.95. The van der Waals surface area contributed by atoms with Crippen molar-refractivity contribution in [2.75, 3.05) is 0 Å². The summed E-state index contributed by atoms with van der Waals surface area (Å²) in [7, 11) is 0. The summed E-state index contributed by atoms with van der Waals surface area (Å²) in [6.07, 6.45) is 1.81. The summed E-state index contributed by atoms with van der Waals surface area (Å²) in [6.45, 7) is 0. The van der Waals surface area contributed by atoms with Gasteiger partial charge in [-0.25, -0.2) is 0 Å². The van der Waals surface area contributed by atoms with E-state index in [0.717, 1.165) is 21.1 Å². The zero-order chi connectivity index (χ0) is 14.1. The molecule has 0 aliphatic rings. The molecule has 20 heavy (non-hydrogen) atoms. The highest BCUT2D eigenvalue weighted by atomic mass is 79.9. The van der Waals surface area contributed by atoms with Crippen LogP contribution in [0.1, 0.15) is 5.56 Å². The van der Waals surface area contributed by atoms with E-state index < -0.39 is 0 Å². The molecule has 3 nitrogen and oxygen atoms in total. The van der Waals surface area contributed by atoms with E-state index in [-0.39, 0.29) is 0 Å². The number of halogens is 1. The Labute approximate surface area is 124 Å². The van der Waals surface area contributed by atoms with Crippen molar-refractivity contribution in [1.29, 1.82) is 10.7 Å². The van der Waals surface area contributed by atoms with Crippen LogP contribution < -0.4 is 5.49 Å². The van der Waals surface area contributed by atoms with Crippen LogP contribution in [-0.2, 0) is 0 Å². The fraction of sp³-hybridized carbons (Fsp3) is 0. The summed E-state index contributed by atoms with van der Waals surface area (Å²) < 4.78 is 2.72. The molecule has 0 amide bonds. The number of pyridine rings is 2. The van der Waals surface area contributed by atoms with Crippen LogP contribution >= 0.6 is 15.9 Å². The lowest BCUT2D eigenvalue weighted by atomic mass is 10.0. The highest BCUT2D eigenvalue weighted by molar-refractivity contribution is 9.10. The molecule has 2 heterocycles. The number of fused-ring (bicyclic) bond motifs is 1. The van der Waals surface area contributed by atoms with Crippen LogP contribution in [0.3, 0.4) is 0 Å². The van der Waals surface area contributed by atoms with Gasteiger partial charge in [-0.15, -0.1) is 0 Å². The van der Waals surface area contributed by atoms with Gasteiger partial charge in [-0.2, -0.15) is 5.26 Å². The molecule has 0 aliphatic carbocycles. The third-order valence-corrected chi connectivity index (χ3v) is 3.72. The number of aromatic nitrogens is 1. The monoisotopic (exact) mass is 323 g/mol. The van der Waals surface area contributed by atoms with Gasteiger partial charge < -0.3 is 4.40 Å². The standard InChI is InChI=1S/C16H10BrN3/c17-13-6-4-11(5-7-13)14-9-12(10-18)15-3-1-2-8-20(15)16(14)19/h1-9,19H. The molecule has 0 radical (unpaired) electrons. The number of hydrogen-bond acceptors (Lipinski definition) is 2. The first kappa shape index (κ1) is 12.6. The number of nitriles is 1. The molecule has 0 aliphatic heterocycles. The third kappa shape index (κ3) is 2.02. The first-order valence-corrected chi connectivity index (χ1v) is 6.85. The van der Waals surface area contributed by atoms with E-state index in [9.17, 15) is 5.26 Å². The van der Waals surface area contributed by atoms with Gasteiger partial charge in [-0.1, -0.05) is 34.1 Å². The van der Waals surface area contributed by atoms with E-state index in [1.165, 1.54) is 0 Å². The zero-order valence-electron chi connectivity index (χ0n) is 10.5. The van der Waals surface area contributed by atoms with Gasteiger partial charge >= 0.3 is 0 Å². The predicted molar refractivity (Wildman–Crippen MR) is 81.1 cm³/mol. The highest BCUT2D eigenvalue weighted by Gasteiger charge is 2.08. The maximum Gasteiger partial charge on any atom is 0.137 e. The smallest absolute Gasteiger partial charge is 0.137 e. The first-order chi connectivity index (χ1) is 9.70. The number of nitrogens with zero attached hydrogens (tertiary/aromatic N) is 2. The fourth-order valence-electron chi connectivity index (χ4n) is 2.21. The van der Waals surface area contributed by atoms with Gasteiger partial charge in [0.15, 0.2) is 0 Å². The minimum Gasteiger partial charge on any atom is -0.300 e. The van der Waals surface area contributed by atoms with Gasteiger partial charge in [0.25, 0.3) is 0 Å². The summed E-state index contributed by atoms with van der Waals surface area (Å²) in [5.74, 6) is 0. The second-order valence-corrected chi connectivity index (χ2v) is 5.31. The van der Waals surface area contributed by atoms with Gasteiger partial charge in [-0.05, 0) is 35.9 Å². The maximum atomic E-state index is 9.31. The van der Waals surface area contributed by atoms with Crippen LogP contribution in [0.25, 0.3) is 16.6 Å². The maximum absolute atomic E-state index is 9.31. The zero-order valence-corrected chi connectivity index (χ0v) is 12.1. The average molecular weight is 324 g/mol. The predicted octanol–water partition coefficient (Wildman–Crippen LogP) is 3.72. The molecule has 0 atom stereocenters. The normalized spacial score (nSPS) is 10.4. The molecule has 2 aromatic heterocycles. The highest BCUT2D eigenvalue weighted by Crippen LogP contribution is 2.21. The van der Waals surface area contributed by atoms with Crippen LogP contribution in [0.2, 0.25) is 0 Å². The van der Waals surface area contributed by atoms with Gasteiger partial charge in [0.1, 0.15) is 11.6 Å². The third-order valence-electron chi connectivity index (χ3n) is 3.20. The number of rotatable bonds is 1. The van der Waals surface area contributed by atoms with Crippen LogP contribution in [0, 0.1) is 16.7 Å². The van der Waals surface area contributed by atoms with Crippen molar-refractivity contribution >= 4 is 21.4 Å². The Balaban J connectivity index is 2.38. The second-order valence-electron chi connectivity index (χ2n) is 4.39. The average Bonchev–Trinajstić information content (AvgIpc) is 2.49. The molecular formula is C16H10BrN3. The van der Waals surface area contributed by atoms with Crippen molar-refractivity contribution in [2.24, 2.45) is 0 Å². The van der Waals surface area contributed by atoms with Gasteiger partial charge in [0.2, 0.25) is 0 Å². The van der Waals surface area contributed by atoms with Crippen LogP contribution in [0.4, 0.5) is 0 Å². The van der Waals surface area contributed by atoms with E-state index in [0.29, 0.717) is 11.1 Å². The summed E-state index contributed by atoms with van der Waals surface area (Å²) in [5.41, 5.74) is 3.37. The minimum atomic E-state index is 0.377. The first-order valence-electron chi connectivity index (χ1n) is 6.06. The number of nitrogens with one attached hydrogen (secondary N) is 1. The Morgan fingerprint density at radius 2 is 1.85 bits per heavy atom. The molecule has 3 aromatic rings. The van der Waals surface area contributed by atoms with E-state index in [4.69, 9.17) is 5.41 Å². The largest absolute Gasteiger partial charge is 0.300 e. The Hall–Kier alpha value is -2.38. The lowest BCUT2D eigenvalue weighted by Crippen LogP contribution is -2.16. The lowest BCUT2D eigenvalue weighted by molar-refractivity contribution is 1.01. The Morgan fingerprint density at radius 1 is 1.10 bits per heavy atom. The molecule has 0 saturated carbocycles. The van der Waals surface area contributed by atoms with E-state index in [1.54, 1.807) is 16.7 Å². The van der Waals surface area contributed by atoms with Crippen molar-refractivity contribution in [2.45, 2.75) is 0 Å². The summed E-state index contributed by atoms with van der Waals surface area (Å²) in [5, 5.41) is 17.7. The van der Waals surface area contributed by atoms with Crippen molar-refractivity contribution in [3.63, 3.8) is 0 Å². The molecule has 0 saturated heterocycles. The van der Waals surface area contributed by atoms with Gasteiger partial charge in [0, 0.05) is 16.2 Å². The van der Waals surface area contributed by atoms with Crippen molar-refractivity contribution in [1.82, 2.24) is 4.40 Å². The molecule has 96 valence electrons. The number of hydrogen-bond donors (Lipinski definition) is 1. The van der Waals surface area contributed by atoms with E-state index in [2.05, 4.69) is 22.0 Å².